The number of halogens is 2. The molecule has 0 heterocycles. The second-order valence-corrected chi connectivity index (χ2v) is 5.22. The van der Waals surface area contributed by atoms with Crippen molar-refractivity contribution in [1.82, 2.24) is 0 Å². The Morgan fingerprint density at radius 3 is 2.88 bits per heavy atom. The second kappa shape index (κ2) is 5.78. The summed E-state index contributed by atoms with van der Waals surface area (Å²) >= 11 is 3.20. The molecule has 0 spiro atoms. The maximum absolute atomic E-state index is 13.4. The van der Waals surface area contributed by atoms with E-state index < -0.39 is 6.10 Å². The lowest BCUT2D eigenvalue weighted by Crippen LogP contribution is -2.03. The van der Waals surface area contributed by atoms with Crippen LogP contribution in [0.5, 0.6) is 0 Å². The number of hydrogen-bond acceptors (Lipinski definition) is 1. The fraction of sp³-hybridized carbons (Fsp3) is 0.429. The van der Waals surface area contributed by atoms with E-state index in [1.807, 2.05) is 0 Å². The van der Waals surface area contributed by atoms with Crippen molar-refractivity contribution in [1.29, 1.82) is 0 Å². The van der Waals surface area contributed by atoms with Gasteiger partial charge < -0.3 is 5.11 Å². The third-order valence-electron chi connectivity index (χ3n) is 3.20. The van der Waals surface area contributed by atoms with E-state index in [2.05, 4.69) is 22.0 Å². The molecule has 1 aliphatic rings. The zero-order valence-corrected chi connectivity index (χ0v) is 11.2. The lowest BCUT2D eigenvalue weighted by molar-refractivity contribution is 0.209. The van der Waals surface area contributed by atoms with Crippen LogP contribution in [0, 0.1) is 5.82 Å². The molecule has 1 nitrogen and oxygen atoms in total. The molecule has 0 amide bonds. The van der Waals surface area contributed by atoms with Gasteiger partial charge in [0.15, 0.2) is 0 Å². The van der Waals surface area contributed by atoms with Gasteiger partial charge in [0.2, 0.25) is 0 Å². The molecule has 0 bridgehead atoms. The molecule has 0 saturated heterocycles. The summed E-state index contributed by atoms with van der Waals surface area (Å²) in [5.41, 5.74) is 1.65. The van der Waals surface area contributed by atoms with Crippen molar-refractivity contribution in [3.8, 4) is 0 Å². The summed E-state index contributed by atoms with van der Waals surface area (Å²) in [5, 5.41) is 10.3. The largest absolute Gasteiger partial charge is 0.384 e. The van der Waals surface area contributed by atoms with Crippen LogP contribution in [0.4, 0.5) is 4.39 Å². The first-order chi connectivity index (χ1) is 8.20. The van der Waals surface area contributed by atoms with E-state index >= 15 is 0 Å². The minimum atomic E-state index is -0.682. The van der Waals surface area contributed by atoms with Crippen LogP contribution in [0.15, 0.2) is 34.3 Å². The molecule has 0 aliphatic heterocycles. The predicted octanol–water partition coefficient (Wildman–Crippen LogP) is 4.51. The summed E-state index contributed by atoms with van der Waals surface area (Å²) in [4.78, 5) is 0. The van der Waals surface area contributed by atoms with Gasteiger partial charge in [-0.3, -0.25) is 0 Å². The molecule has 0 aromatic heterocycles. The van der Waals surface area contributed by atoms with Crippen LogP contribution >= 0.6 is 15.9 Å². The highest BCUT2D eigenvalue weighted by Crippen LogP contribution is 2.33. The van der Waals surface area contributed by atoms with E-state index in [-0.39, 0.29) is 5.82 Å². The highest BCUT2D eigenvalue weighted by Gasteiger charge is 2.18. The number of hydrogen-bond donors (Lipinski definition) is 1. The van der Waals surface area contributed by atoms with E-state index in [0.717, 1.165) is 24.8 Å². The summed E-state index contributed by atoms with van der Waals surface area (Å²) in [6, 6.07) is 4.79. The van der Waals surface area contributed by atoms with Crippen molar-refractivity contribution in [2.75, 3.05) is 0 Å². The summed E-state index contributed by atoms with van der Waals surface area (Å²) in [6.07, 6.45) is 6.84. The molecule has 1 aromatic carbocycles. The second-order valence-electron chi connectivity index (χ2n) is 4.42. The molecular weight excluding hydrogens is 283 g/mol. The Bertz CT molecular complexity index is 428. The fourth-order valence-electron chi connectivity index (χ4n) is 2.22. The third-order valence-corrected chi connectivity index (χ3v) is 4.04. The predicted molar refractivity (Wildman–Crippen MR) is 70.2 cm³/mol. The molecule has 0 fully saturated rings. The highest BCUT2D eigenvalue weighted by atomic mass is 79.9. The van der Waals surface area contributed by atoms with Gasteiger partial charge in [-0.05, 0) is 53.3 Å². The summed E-state index contributed by atoms with van der Waals surface area (Å²) in [5.74, 6) is -0.323. The molecule has 1 atom stereocenters. The van der Waals surface area contributed by atoms with Gasteiger partial charge in [-0.25, -0.2) is 4.39 Å². The topological polar surface area (TPSA) is 20.2 Å². The molecular formula is C14H16BrFO. The van der Waals surface area contributed by atoms with Crippen LogP contribution in [0.1, 0.15) is 43.8 Å². The lowest BCUT2D eigenvalue weighted by atomic mass is 9.98. The first-order valence-electron chi connectivity index (χ1n) is 6.01. The Hall–Kier alpha value is -0.670. The number of aliphatic hydroxyl groups excluding tert-OH is 1. The first-order valence-corrected chi connectivity index (χ1v) is 6.80. The average molecular weight is 299 g/mol. The average Bonchev–Trinajstić information content (AvgIpc) is 2.60. The summed E-state index contributed by atoms with van der Waals surface area (Å²) in [6.45, 7) is 0. The Morgan fingerprint density at radius 2 is 2.06 bits per heavy atom. The van der Waals surface area contributed by atoms with Gasteiger partial charge >= 0.3 is 0 Å². The van der Waals surface area contributed by atoms with Crippen molar-refractivity contribution >= 4 is 15.9 Å². The molecule has 1 aliphatic carbocycles. The van der Waals surface area contributed by atoms with Crippen LogP contribution in [0.25, 0.3) is 0 Å². The number of allylic oxidation sites excluding steroid dienone is 1. The number of benzene rings is 1. The van der Waals surface area contributed by atoms with Crippen LogP contribution in [0.3, 0.4) is 0 Å². The number of aliphatic hydroxyl groups is 1. The van der Waals surface area contributed by atoms with Gasteiger partial charge in [0, 0.05) is 5.56 Å². The Labute approximate surface area is 109 Å². The minimum absolute atomic E-state index is 0.323. The van der Waals surface area contributed by atoms with Gasteiger partial charge in [-0.15, -0.1) is 0 Å². The molecule has 0 saturated carbocycles. The van der Waals surface area contributed by atoms with Crippen LogP contribution in [0.2, 0.25) is 0 Å². The highest BCUT2D eigenvalue weighted by molar-refractivity contribution is 9.10. The van der Waals surface area contributed by atoms with Gasteiger partial charge in [0.25, 0.3) is 0 Å². The summed E-state index contributed by atoms with van der Waals surface area (Å²) < 4.78 is 13.8. The SMILES string of the molecule is OC(C1=CCCCCC1)c1cccc(F)c1Br. The Morgan fingerprint density at radius 1 is 1.24 bits per heavy atom. The van der Waals surface area contributed by atoms with Crippen LogP contribution in [-0.2, 0) is 0 Å². The quantitative estimate of drug-likeness (QED) is 0.796. The smallest absolute Gasteiger partial charge is 0.137 e. The minimum Gasteiger partial charge on any atom is -0.384 e. The molecule has 1 aromatic rings. The fourth-order valence-corrected chi connectivity index (χ4v) is 2.70. The van der Waals surface area contributed by atoms with E-state index in [9.17, 15) is 9.50 Å². The van der Waals surface area contributed by atoms with E-state index in [0.29, 0.717) is 10.0 Å². The van der Waals surface area contributed by atoms with Crippen LogP contribution in [-0.4, -0.2) is 5.11 Å². The van der Waals surface area contributed by atoms with E-state index in [1.165, 1.54) is 18.9 Å². The maximum atomic E-state index is 13.4. The van der Waals surface area contributed by atoms with Crippen molar-refractivity contribution in [3.05, 3.63) is 45.7 Å². The van der Waals surface area contributed by atoms with Crippen LogP contribution < -0.4 is 0 Å². The lowest BCUT2D eigenvalue weighted by Gasteiger charge is -2.16. The Balaban J connectivity index is 2.26. The molecule has 1 unspecified atom stereocenters. The van der Waals surface area contributed by atoms with Crippen molar-refractivity contribution in [2.45, 2.75) is 38.2 Å². The van der Waals surface area contributed by atoms with Crippen molar-refractivity contribution < 1.29 is 9.50 Å². The standard InChI is InChI=1S/C14H16BrFO/c15-13-11(8-5-9-12(13)16)14(17)10-6-3-1-2-4-7-10/h5-6,8-9,14,17H,1-4,7H2. The first kappa shape index (κ1) is 12.8. The van der Waals surface area contributed by atoms with Gasteiger partial charge in [-0.2, -0.15) is 0 Å². The van der Waals surface area contributed by atoms with Crippen molar-refractivity contribution in [3.63, 3.8) is 0 Å². The molecule has 2 rings (SSSR count). The molecule has 3 heteroatoms. The summed E-state index contributed by atoms with van der Waals surface area (Å²) in [7, 11) is 0. The van der Waals surface area contributed by atoms with E-state index in [4.69, 9.17) is 0 Å². The normalized spacial score (nSPS) is 18.4. The van der Waals surface area contributed by atoms with E-state index in [1.54, 1.807) is 12.1 Å². The number of rotatable bonds is 2. The molecule has 92 valence electrons. The third kappa shape index (κ3) is 2.96. The zero-order chi connectivity index (χ0) is 12.3. The molecule has 0 radical (unpaired) electrons. The zero-order valence-electron chi connectivity index (χ0n) is 9.63. The van der Waals surface area contributed by atoms with Gasteiger partial charge in [-0.1, -0.05) is 24.6 Å². The van der Waals surface area contributed by atoms with Gasteiger partial charge in [0.05, 0.1) is 4.47 Å². The van der Waals surface area contributed by atoms with Crippen molar-refractivity contribution in [2.24, 2.45) is 0 Å². The Kier molecular flexibility index (Phi) is 4.35. The monoisotopic (exact) mass is 298 g/mol. The maximum Gasteiger partial charge on any atom is 0.137 e. The van der Waals surface area contributed by atoms with Gasteiger partial charge in [0.1, 0.15) is 11.9 Å². The molecule has 17 heavy (non-hydrogen) atoms. The molecule has 1 N–H and O–H groups in total.